The predicted octanol–water partition coefficient (Wildman–Crippen LogP) is 2.54. The molecule has 3 N–H and O–H groups in total. The fraction of sp³-hybridized carbons (Fsp3) is 0.0769. The Bertz CT molecular complexity index is 581. The molecule has 0 saturated carbocycles. The van der Waals surface area contributed by atoms with Gasteiger partial charge in [-0.2, -0.15) is 0 Å². The maximum Gasteiger partial charge on any atom is 0.252 e. The molecule has 18 heavy (non-hydrogen) atoms. The summed E-state index contributed by atoms with van der Waals surface area (Å²) >= 11 is 5.83. The molecule has 0 bridgehead atoms. The van der Waals surface area contributed by atoms with Gasteiger partial charge in [0.2, 0.25) is 0 Å². The lowest BCUT2D eigenvalue weighted by molar-refractivity contribution is 0.100. The molecule has 0 aliphatic rings. The van der Waals surface area contributed by atoms with E-state index >= 15 is 0 Å². The highest BCUT2D eigenvalue weighted by molar-refractivity contribution is 6.30. The molecule has 0 spiro atoms. The third-order valence-corrected chi connectivity index (χ3v) is 2.79. The van der Waals surface area contributed by atoms with E-state index in [4.69, 9.17) is 17.3 Å². The van der Waals surface area contributed by atoms with Crippen LogP contribution in [0.5, 0.6) is 0 Å². The number of nitrogens with one attached hydrogen (secondary N) is 1. The number of anilines is 1. The van der Waals surface area contributed by atoms with E-state index in [0.29, 0.717) is 16.4 Å². The Morgan fingerprint density at radius 3 is 2.44 bits per heavy atom. The second-order valence-electron chi connectivity index (χ2n) is 3.71. The van der Waals surface area contributed by atoms with Crippen molar-refractivity contribution < 1.29 is 4.79 Å². The summed E-state index contributed by atoms with van der Waals surface area (Å²) in [5.41, 5.74) is 7.31. The Morgan fingerprint density at radius 1 is 1.22 bits per heavy atom. The van der Waals surface area contributed by atoms with E-state index in [9.17, 15) is 4.79 Å². The molecule has 0 unspecified atom stereocenters. The van der Waals surface area contributed by atoms with Gasteiger partial charge in [0.05, 0.1) is 11.3 Å². The summed E-state index contributed by atoms with van der Waals surface area (Å²) in [5.74, 6) is -0.0375. The molecule has 1 aromatic carbocycles. The number of nitrogens with zero attached hydrogens (tertiary/aromatic N) is 1. The largest absolute Gasteiger partial charge is 0.372 e. The van der Waals surface area contributed by atoms with Gasteiger partial charge in [0, 0.05) is 17.6 Å². The summed E-state index contributed by atoms with van der Waals surface area (Å²) in [5, 5.41) is 3.53. The summed E-state index contributed by atoms with van der Waals surface area (Å²) in [7, 11) is 1.69. The van der Waals surface area contributed by atoms with Gasteiger partial charge in [-0.3, -0.25) is 4.79 Å². The molecular formula is C13H12ClN3O. The van der Waals surface area contributed by atoms with Crippen LogP contribution in [0.15, 0.2) is 36.4 Å². The number of nitrogens with two attached hydrogens (primary N) is 1. The first-order chi connectivity index (χ1) is 8.61. The number of hydrogen-bond donors (Lipinski definition) is 2. The van der Waals surface area contributed by atoms with Crippen molar-refractivity contribution in [2.24, 2.45) is 5.73 Å². The smallest absolute Gasteiger partial charge is 0.252 e. The first-order valence-electron chi connectivity index (χ1n) is 5.36. The molecule has 5 heteroatoms. The van der Waals surface area contributed by atoms with Gasteiger partial charge in [-0.1, -0.05) is 23.7 Å². The van der Waals surface area contributed by atoms with Gasteiger partial charge in [0.1, 0.15) is 5.82 Å². The number of rotatable bonds is 3. The Hall–Kier alpha value is -2.07. The molecule has 4 nitrogen and oxygen atoms in total. The van der Waals surface area contributed by atoms with Crippen molar-refractivity contribution in [2.45, 2.75) is 0 Å². The number of hydrogen-bond acceptors (Lipinski definition) is 3. The minimum absolute atomic E-state index is 0.371. The van der Waals surface area contributed by atoms with Gasteiger partial charge in [-0.15, -0.1) is 0 Å². The van der Waals surface area contributed by atoms with Crippen LogP contribution in [0.2, 0.25) is 5.02 Å². The minimum Gasteiger partial charge on any atom is -0.372 e. The van der Waals surface area contributed by atoms with E-state index in [-0.39, 0.29) is 0 Å². The van der Waals surface area contributed by atoms with E-state index in [0.717, 1.165) is 11.3 Å². The van der Waals surface area contributed by atoms with Gasteiger partial charge >= 0.3 is 0 Å². The third kappa shape index (κ3) is 2.43. The maximum absolute atomic E-state index is 11.2. The van der Waals surface area contributed by atoms with Crippen LogP contribution in [0.1, 0.15) is 10.4 Å². The van der Waals surface area contributed by atoms with Gasteiger partial charge in [-0.25, -0.2) is 4.98 Å². The SMILES string of the molecule is CNc1nc(-c2ccc(Cl)cc2)ccc1C(N)=O. The van der Waals surface area contributed by atoms with Crippen LogP contribution < -0.4 is 11.1 Å². The van der Waals surface area contributed by atoms with Crippen LogP contribution in [0.4, 0.5) is 5.82 Å². The molecular weight excluding hydrogens is 250 g/mol. The first-order valence-corrected chi connectivity index (χ1v) is 5.74. The van der Waals surface area contributed by atoms with Gasteiger partial charge in [0.25, 0.3) is 5.91 Å². The summed E-state index contributed by atoms with van der Waals surface area (Å²) in [6, 6.07) is 10.7. The number of carbonyl (C=O) groups excluding carboxylic acids is 1. The van der Waals surface area contributed by atoms with Gasteiger partial charge in [0.15, 0.2) is 0 Å². The Labute approximate surface area is 110 Å². The lowest BCUT2D eigenvalue weighted by Crippen LogP contribution is -2.14. The average molecular weight is 262 g/mol. The van der Waals surface area contributed by atoms with Crippen molar-refractivity contribution in [1.82, 2.24) is 4.98 Å². The standard InChI is InChI=1S/C13H12ClN3O/c1-16-13-10(12(15)18)6-7-11(17-13)8-2-4-9(14)5-3-8/h2-7H,1H3,(H2,15,18)(H,16,17). The van der Waals surface area contributed by atoms with Crippen molar-refractivity contribution in [1.29, 1.82) is 0 Å². The Balaban J connectivity index is 2.47. The Kier molecular flexibility index (Phi) is 3.48. The van der Waals surface area contributed by atoms with Gasteiger partial charge in [-0.05, 0) is 24.3 Å². The molecule has 0 saturated heterocycles. The van der Waals surface area contributed by atoms with E-state index in [1.165, 1.54) is 0 Å². The summed E-state index contributed by atoms with van der Waals surface area (Å²) in [6.07, 6.45) is 0. The topological polar surface area (TPSA) is 68.0 Å². The number of benzene rings is 1. The van der Waals surface area contributed by atoms with Crippen LogP contribution in [0.25, 0.3) is 11.3 Å². The van der Waals surface area contributed by atoms with Crippen molar-refractivity contribution in [3.8, 4) is 11.3 Å². The van der Waals surface area contributed by atoms with Crippen LogP contribution in [-0.4, -0.2) is 17.9 Å². The highest BCUT2D eigenvalue weighted by Gasteiger charge is 2.10. The lowest BCUT2D eigenvalue weighted by Gasteiger charge is -2.08. The minimum atomic E-state index is -0.505. The number of carbonyl (C=O) groups is 1. The monoisotopic (exact) mass is 261 g/mol. The third-order valence-electron chi connectivity index (χ3n) is 2.54. The van der Waals surface area contributed by atoms with E-state index in [2.05, 4.69) is 10.3 Å². The van der Waals surface area contributed by atoms with Crippen molar-refractivity contribution >= 4 is 23.3 Å². The molecule has 1 heterocycles. The summed E-state index contributed by atoms with van der Waals surface area (Å²) in [6.45, 7) is 0. The van der Waals surface area contributed by atoms with Crippen LogP contribution in [0, 0.1) is 0 Å². The zero-order valence-electron chi connectivity index (χ0n) is 9.77. The fourth-order valence-electron chi connectivity index (χ4n) is 1.63. The first kappa shape index (κ1) is 12.4. The molecule has 0 atom stereocenters. The number of primary amides is 1. The number of pyridine rings is 1. The zero-order valence-corrected chi connectivity index (χ0v) is 10.5. The summed E-state index contributed by atoms with van der Waals surface area (Å²) < 4.78 is 0. The molecule has 1 aromatic heterocycles. The van der Waals surface area contributed by atoms with Crippen molar-refractivity contribution in [3.05, 3.63) is 47.0 Å². The molecule has 92 valence electrons. The number of aromatic nitrogens is 1. The molecule has 2 aromatic rings. The van der Waals surface area contributed by atoms with Crippen molar-refractivity contribution in [3.63, 3.8) is 0 Å². The highest BCUT2D eigenvalue weighted by Crippen LogP contribution is 2.23. The van der Waals surface area contributed by atoms with E-state index < -0.39 is 5.91 Å². The number of amides is 1. The predicted molar refractivity (Wildman–Crippen MR) is 72.7 cm³/mol. The molecule has 1 amide bonds. The average Bonchev–Trinajstić information content (AvgIpc) is 2.38. The second kappa shape index (κ2) is 5.06. The fourth-order valence-corrected chi connectivity index (χ4v) is 1.76. The summed E-state index contributed by atoms with van der Waals surface area (Å²) in [4.78, 5) is 15.6. The van der Waals surface area contributed by atoms with E-state index in [1.807, 2.05) is 12.1 Å². The van der Waals surface area contributed by atoms with E-state index in [1.54, 1.807) is 31.3 Å². The maximum atomic E-state index is 11.2. The Morgan fingerprint density at radius 2 is 1.89 bits per heavy atom. The van der Waals surface area contributed by atoms with Crippen LogP contribution in [-0.2, 0) is 0 Å². The highest BCUT2D eigenvalue weighted by atomic mass is 35.5. The van der Waals surface area contributed by atoms with Gasteiger partial charge < -0.3 is 11.1 Å². The molecule has 0 aliphatic carbocycles. The lowest BCUT2D eigenvalue weighted by atomic mass is 10.1. The molecule has 0 fully saturated rings. The quantitative estimate of drug-likeness (QED) is 0.892. The molecule has 2 rings (SSSR count). The zero-order chi connectivity index (χ0) is 13.1. The molecule has 0 aliphatic heterocycles. The molecule has 0 radical (unpaired) electrons. The second-order valence-corrected chi connectivity index (χ2v) is 4.15. The van der Waals surface area contributed by atoms with Crippen LogP contribution in [0.3, 0.4) is 0 Å². The normalized spacial score (nSPS) is 10.1. The van der Waals surface area contributed by atoms with Crippen LogP contribution >= 0.6 is 11.6 Å². The number of halogens is 1. The van der Waals surface area contributed by atoms with Crippen molar-refractivity contribution in [2.75, 3.05) is 12.4 Å².